The van der Waals surface area contributed by atoms with Crippen molar-refractivity contribution in [3.63, 3.8) is 0 Å². The Morgan fingerprint density at radius 2 is 2.50 bits per heavy atom. The number of aliphatic hydroxyl groups is 1. The van der Waals surface area contributed by atoms with Crippen LogP contribution in [0.3, 0.4) is 0 Å². The highest BCUT2D eigenvalue weighted by Crippen LogP contribution is 2.28. The van der Waals surface area contributed by atoms with Crippen LogP contribution in [0.4, 0.5) is 4.79 Å². The van der Waals surface area contributed by atoms with Gasteiger partial charge in [0.05, 0.1) is 12.6 Å². The van der Waals surface area contributed by atoms with E-state index in [9.17, 15) is 4.79 Å². The molecular weight excluding hydrogens is 202 g/mol. The molecule has 2 unspecified atom stereocenters. The van der Waals surface area contributed by atoms with E-state index in [4.69, 9.17) is 9.84 Å². The zero-order valence-corrected chi connectivity index (χ0v) is 8.83. The second-order valence-electron chi connectivity index (χ2n) is 3.70. The van der Waals surface area contributed by atoms with Gasteiger partial charge in [-0.25, -0.2) is 4.79 Å². The molecule has 4 nitrogen and oxygen atoms in total. The van der Waals surface area contributed by atoms with Crippen LogP contribution in [0.2, 0.25) is 0 Å². The molecule has 1 amide bonds. The Labute approximate surface area is 87.6 Å². The van der Waals surface area contributed by atoms with Crippen LogP contribution in [-0.4, -0.2) is 52.9 Å². The molecule has 0 bridgehead atoms. The molecule has 14 heavy (non-hydrogen) atoms. The van der Waals surface area contributed by atoms with Gasteiger partial charge in [-0.15, -0.1) is 0 Å². The lowest BCUT2D eigenvalue weighted by Gasteiger charge is -2.22. The molecule has 0 spiro atoms. The van der Waals surface area contributed by atoms with Gasteiger partial charge < -0.3 is 9.84 Å². The maximum atomic E-state index is 11.3. The van der Waals surface area contributed by atoms with E-state index < -0.39 is 0 Å². The fourth-order valence-corrected chi connectivity index (χ4v) is 3.14. The second kappa shape index (κ2) is 4.40. The van der Waals surface area contributed by atoms with Crippen molar-refractivity contribution in [2.45, 2.75) is 24.1 Å². The number of ether oxygens (including phenoxy) is 1. The number of hydrogen-bond donors (Lipinski definition) is 1. The molecule has 0 aromatic rings. The maximum Gasteiger partial charge on any atom is 0.410 e. The van der Waals surface area contributed by atoms with Crippen LogP contribution >= 0.6 is 11.8 Å². The van der Waals surface area contributed by atoms with E-state index in [1.165, 1.54) is 18.6 Å². The Kier molecular flexibility index (Phi) is 3.18. The fraction of sp³-hybridized carbons (Fsp3) is 0.889. The summed E-state index contributed by atoms with van der Waals surface area (Å²) in [5.74, 6) is 1.19. The van der Waals surface area contributed by atoms with E-state index in [2.05, 4.69) is 0 Å². The van der Waals surface area contributed by atoms with Crippen molar-refractivity contribution in [1.29, 1.82) is 0 Å². The summed E-state index contributed by atoms with van der Waals surface area (Å²) < 4.78 is 4.90. The Morgan fingerprint density at radius 1 is 1.64 bits per heavy atom. The first-order valence-electron chi connectivity index (χ1n) is 4.97. The molecule has 2 aliphatic rings. The van der Waals surface area contributed by atoms with E-state index in [1.54, 1.807) is 4.90 Å². The normalized spacial score (nSPS) is 32.4. The van der Waals surface area contributed by atoms with Crippen molar-refractivity contribution >= 4 is 17.9 Å². The highest BCUT2D eigenvalue weighted by atomic mass is 32.2. The van der Waals surface area contributed by atoms with Gasteiger partial charge in [-0.3, -0.25) is 4.90 Å². The minimum absolute atomic E-state index is 0.00310. The van der Waals surface area contributed by atoms with Gasteiger partial charge in [-0.05, 0) is 18.6 Å². The van der Waals surface area contributed by atoms with E-state index in [1.807, 2.05) is 11.8 Å². The highest BCUT2D eigenvalue weighted by molar-refractivity contribution is 8.00. The zero-order chi connectivity index (χ0) is 9.97. The first kappa shape index (κ1) is 10.1. The van der Waals surface area contributed by atoms with E-state index in [0.29, 0.717) is 11.9 Å². The third kappa shape index (κ3) is 1.98. The third-order valence-corrected chi connectivity index (χ3v) is 4.09. The van der Waals surface area contributed by atoms with Gasteiger partial charge in [0.2, 0.25) is 0 Å². The number of amides is 1. The molecule has 2 saturated heterocycles. The van der Waals surface area contributed by atoms with Crippen LogP contribution in [0.25, 0.3) is 0 Å². The van der Waals surface area contributed by atoms with Crippen molar-refractivity contribution in [2.24, 2.45) is 0 Å². The molecule has 0 radical (unpaired) electrons. The lowest BCUT2D eigenvalue weighted by molar-refractivity contribution is 0.153. The third-order valence-electron chi connectivity index (χ3n) is 2.71. The monoisotopic (exact) mass is 217 g/mol. The maximum absolute atomic E-state index is 11.3. The number of nitrogens with zero attached hydrogens (tertiary/aromatic N) is 1. The second-order valence-corrected chi connectivity index (χ2v) is 5.11. The molecule has 2 heterocycles. The van der Waals surface area contributed by atoms with Gasteiger partial charge in [0, 0.05) is 11.8 Å². The van der Waals surface area contributed by atoms with Gasteiger partial charge in [-0.1, -0.05) is 0 Å². The van der Waals surface area contributed by atoms with Gasteiger partial charge in [-0.2, -0.15) is 11.8 Å². The molecular formula is C9H15NO3S. The van der Waals surface area contributed by atoms with E-state index >= 15 is 0 Å². The smallest absolute Gasteiger partial charge is 0.410 e. The highest BCUT2D eigenvalue weighted by Gasteiger charge is 2.34. The first-order valence-corrected chi connectivity index (χ1v) is 6.02. The minimum Gasteiger partial charge on any atom is -0.447 e. The summed E-state index contributed by atoms with van der Waals surface area (Å²) in [6.45, 7) is 1.07. The number of rotatable bonds is 3. The van der Waals surface area contributed by atoms with Crippen molar-refractivity contribution in [3.8, 4) is 0 Å². The molecule has 0 saturated carbocycles. The minimum atomic E-state index is -0.267. The van der Waals surface area contributed by atoms with Crippen LogP contribution in [0.5, 0.6) is 0 Å². The van der Waals surface area contributed by atoms with Crippen LogP contribution in [0, 0.1) is 0 Å². The van der Waals surface area contributed by atoms with Crippen molar-refractivity contribution < 1.29 is 14.6 Å². The molecule has 0 aliphatic carbocycles. The zero-order valence-electron chi connectivity index (χ0n) is 8.02. The summed E-state index contributed by atoms with van der Waals surface area (Å²) in [6.07, 6.45) is 2.14. The van der Waals surface area contributed by atoms with Crippen LogP contribution in [-0.2, 0) is 4.74 Å². The summed E-state index contributed by atoms with van der Waals surface area (Å²) in [5, 5.41) is 9.58. The number of thioether (sulfide) groups is 1. The topological polar surface area (TPSA) is 49.8 Å². The van der Waals surface area contributed by atoms with Gasteiger partial charge in [0.25, 0.3) is 0 Å². The van der Waals surface area contributed by atoms with Crippen LogP contribution < -0.4 is 0 Å². The molecule has 1 N–H and O–H groups in total. The summed E-state index contributed by atoms with van der Waals surface area (Å²) in [5.41, 5.74) is 0. The Balaban J connectivity index is 1.90. The van der Waals surface area contributed by atoms with Crippen LogP contribution in [0.15, 0.2) is 0 Å². The summed E-state index contributed by atoms with van der Waals surface area (Å²) >= 11 is 1.91. The number of carbonyl (C=O) groups excluding carboxylic acids is 1. The largest absolute Gasteiger partial charge is 0.447 e. The number of cyclic esters (lactones) is 1. The summed E-state index contributed by atoms with van der Waals surface area (Å²) in [6, 6.07) is -0.122. The lowest BCUT2D eigenvalue weighted by Crippen LogP contribution is -2.39. The molecule has 2 rings (SSSR count). The Morgan fingerprint density at radius 3 is 3.14 bits per heavy atom. The molecule has 0 aromatic carbocycles. The van der Waals surface area contributed by atoms with Crippen LogP contribution in [0.1, 0.15) is 12.8 Å². The van der Waals surface area contributed by atoms with Gasteiger partial charge in [0.15, 0.2) is 0 Å². The van der Waals surface area contributed by atoms with Gasteiger partial charge in [0.1, 0.15) is 6.61 Å². The quantitative estimate of drug-likeness (QED) is 0.756. The summed E-state index contributed by atoms with van der Waals surface area (Å²) in [7, 11) is 0. The molecule has 2 atom stereocenters. The average molecular weight is 217 g/mol. The molecule has 2 fully saturated rings. The van der Waals surface area contributed by atoms with E-state index in [-0.39, 0.29) is 18.7 Å². The average Bonchev–Trinajstić information content (AvgIpc) is 2.79. The molecule has 0 aromatic heterocycles. The first-order chi connectivity index (χ1) is 6.81. The standard InChI is InChI=1S/C9H15NO3S/c11-5-7-6-13-9(12)10(7)4-8-2-1-3-14-8/h7-8,11H,1-6H2. The molecule has 5 heteroatoms. The number of aliphatic hydroxyl groups excluding tert-OH is 1. The number of hydrogen-bond acceptors (Lipinski definition) is 4. The predicted octanol–water partition coefficient (Wildman–Crippen LogP) is 0.695. The fourth-order valence-electron chi connectivity index (χ4n) is 1.87. The SMILES string of the molecule is O=C1OCC(CO)N1CC1CCCS1. The lowest BCUT2D eigenvalue weighted by atomic mass is 10.2. The van der Waals surface area contributed by atoms with Gasteiger partial charge >= 0.3 is 6.09 Å². The summed E-state index contributed by atoms with van der Waals surface area (Å²) in [4.78, 5) is 13.0. The van der Waals surface area contributed by atoms with Crippen molar-refractivity contribution in [3.05, 3.63) is 0 Å². The molecule has 2 aliphatic heterocycles. The Bertz CT molecular complexity index is 218. The van der Waals surface area contributed by atoms with Crippen molar-refractivity contribution in [1.82, 2.24) is 4.90 Å². The molecule has 80 valence electrons. The van der Waals surface area contributed by atoms with Crippen molar-refractivity contribution in [2.75, 3.05) is 25.5 Å². The predicted molar refractivity (Wildman–Crippen MR) is 54.4 cm³/mol. The Hall–Kier alpha value is -0.420. The van der Waals surface area contributed by atoms with E-state index in [0.717, 1.165) is 6.54 Å². The number of carbonyl (C=O) groups is 1.